The second-order valence-corrected chi connectivity index (χ2v) is 6.84. The summed E-state index contributed by atoms with van der Waals surface area (Å²) in [6.07, 6.45) is 0. The number of primary amides is 1. The van der Waals surface area contributed by atoms with Crippen molar-refractivity contribution in [3.05, 3.63) is 34.5 Å². The van der Waals surface area contributed by atoms with Gasteiger partial charge in [-0.1, -0.05) is 6.07 Å². The van der Waals surface area contributed by atoms with Crippen LogP contribution in [0.1, 0.15) is 10.4 Å². The lowest BCUT2D eigenvalue weighted by molar-refractivity contribution is 0.100. The Hall–Kier alpha value is -1.38. The molecule has 0 saturated heterocycles. The minimum atomic E-state index is -3.62. The van der Waals surface area contributed by atoms with Crippen molar-refractivity contribution in [2.45, 2.75) is 4.21 Å². The van der Waals surface area contributed by atoms with Crippen molar-refractivity contribution in [1.82, 2.24) is 0 Å². The molecular weight excluding hydrogens is 280 g/mol. The minimum absolute atomic E-state index is 0.176. The summed E-state index contributed by atoms with van der Waals surface area (Å²) < 4.78 is 26.3. The molecule has 0 aliphatic heterocycles. The first kappa shape index (κ1) is 12.1. The Bertz CT molecular complexity index is 628. The molecule has 0 aromatic carbocycles. The summed E-state index contributed by atoms with van der Waals surface area (Å²) in [4.78, 5) is 11.1. The number of anilines is 1. The van der Waals surface area contributed by atoms with E-state index >= 15 is 0 Å². The molecule has 0 radical (unpaired) electrons. The molecule has 0 bridgehead atoms. The van der Waals surface area contributed by atoms with Crippen LogP contribution in [0.25, 0.3) is 0 Å². The van der Waals surface area contributed by atoms with Crippen LogP contribution in [0.4, 0.5) is 5.00 Å². The van der Waals surface area contributed by atoms with Gasteiger partial charge in [0, 0.05) is 0 Å². The van der Waals surface area contributed by atoms with Gasteiger partial charge in [-0.2, -0.15) is 0 Å². The first-order valence-corrected chi connectivity index (χ1v) is 7.68. The van der Waals surface area contributed by atoms with Crippen LogP contribution in [0.3, 0.4) is 0 Å². The van der Waals surface area contributed by atoms with E-state index < -0.39 is 15.9 Å². The molecular formula is C9H8N2O3S3. The summed E-state index contributed by atoms with van der Waals surface area (Å²) in [5.41, 5.74) is 5.31. The van der Waals surface area contributed by atoms with Gasteiger partial charge < -0.3 is 5.73 Å². The maximum absolute atomic E-state index is 11.9. The molecule has 0 aliphatic rings. The molecule has 0 fully saturated rings. The molecule has 0 atom stereocenters. The van der Waals surface area contributed by atoms with E-state index in [1.807, 2.05) is 0 Å². The van der Waals surface area contributed by atoms with Gasteiger partial charge in [0.15, 0.2) is 0 Å². The van der Waals surface area contributed by atoms with Gasteiger partial charge in [0.2, 0.25) is 0 Å². The molecule has 0 saturated carbocycles. The number of nitrogens with two attached hydrogens (primary N) is 1. The number of amides is 1. The molecule has 2 rings (SSSR count). The van der Waals surface area contributed by atoms with Crippen LogP contribution in [-0.4, -0.2) is 14.3 Å². The molecule has 1 amide bonds. The average Bonchev–Trinajstić information content (AvgIpc) is 2.85. The first-order valence-electron chi connectivity index (χ1n) is 4.44. The van der Waals surface area contributed by atoms with Crippen LogP contribution in [0.2, 0.25) is 0 Å². The largest absolute Gasteiger partial charge is 0.366 e. The standard InChI is InChI=1S/C9H8N2O3S3/c10-8(12)6-3-5-16-9(6)11-17(13,14)7-2-1-4-15-7/h1-5,11H,(H2,10,12). The van der Waals surface area contributed by atoms with E-state index in [0.717, 1.165) is 22.7 Å². The smallest absolute Gasteiger partial charge is 0.272 e. The Kier molecular flexibility index (Phi) is 3.18. The molecule has 2 aromatic heterocycles. The zero-order valence-electron chi connectivity index (χ0n) is 8.41. The van der Waals surface area contributed by atoms with Gasteiger partial charge in [-0.05, 0) is 22.9 Å². The second kappa shape index (κ2) is 4.47. The quantitative estimate of drug-likeness (QED) is 0.897. The number of thiophene rings is 2. The van der Waals surface area contributed by atoms with E-state index in [1.165, 1.54) is 12.1 Å². The fraction of sp³-hybridized carbons (Fsp3) is 0. The summed E-state index contributed by atoms with van der Waals surface area (Å²) >= 11 is 2.22. The third kappa shape index (κ3) is 2.48. The van der Waals surface area contributed by atoms with Gasteiger partial charge in [-0.15, -0.1) is 22.7 Å². The van der Waals surface area contributed by atoms with Crippen LogP contribution < -0.4 is 10.5 Å². The molecule has 2 aromatic rings. The van der Waals surface area contributed by atoms with Crippen molar-refractivity contribution in [2.75, 3.05) is 4.72 Å². The lowest BCUT2D eigenvalue weighted by Gasteiger charge is -2.04. The van der Waals surface area contributed by atoms with Crippen molar-refractivity contribution in [3.8, 4) is 0 Å². The number of nitrogens with one attached hydrogen (secondary N) is 1. The highest BCUT2D eigenvalue weighted by Crippen LogP contribution is 2.27. The Balaban J connectivity index is 2.33. The highest BCUT2D eigenvalue weighted by molar-refractivity contribution is 7.94. The molecule has 0 spiro atoms. The summed E-state index contributed by atoms with van der Waals surface area (Å²) in [7, 11) is -3.62. The number of hydrogen-bond acceptors (Lipinski definition) is 5. The Morgan fingerprint density at radius 3 is 2.59 bits per heavy atom. The predicted molar refractivity (Wildman–Crippen MR) is 68.0 cm³/mol. The van der Waals surface area contributed by atoms with Gasteiger partial charge in [0.25, 0.3) is 15.9 Å². The number of carbonyl (C=O) groups is 1. The number of carbonyl (C=O) groups excluding carboxylic acids is 1. The summed E-state index contributed by atoms with van der Waals surface area (Å²) in [6.45, 7) is 0. The zero-order valence-corrected chi connectivity index (χ0v) is 10.9. The average molecular weight is 288 g/mol. The Labute approximate surface area is 106 Å². The topological polar surface area (TPSA) is 89.3 Å². The van der Waals surface area contributed by atoms with E-state index in [2.05, 4.69) is 4.72 Å². The van der Waals surface area contributed by atoms with Gasteiger partial charge in [0.1, 0.15) is 9.21 Å². The third-order valence-corrected chi connectivity index (χ3v) is 5.62. The highest BCUT2D eigenvalue weighted by Gasteiger charge is 2.19. The van der Waals surface area contributed by atoms with Crippen molar-refractivity contribution in [1.29, 1.82) is 0 Å². The second-order valence-electron chi connectivity index (χ2n) is 3.07. The fourth-order valence-corrected chi connectivity index (χ4v) is 4.29. The van der Waals surface area contributed by atoms with Crippen molar-refractivity contribution >= 4 is 43.6 Å². The molecule has 90 valence electrons. The normalized spacial score (nSPS) is 11.3. The summed E-state index contributed by atoms with van der Waals surface area (Å²) in [5.74, 6) is -0.657. The van der Waals surface area contributed by atoms with Gasteiger partial charge in [0.05, 0.1) is 5.56 Å². The first-order chi connectivity index (χ1) is 8.00. The fourth-order valence-electron chi connectivity index (χ4n) is 1.17. The monoisotopic (exact) mass is 288 g/mol. The minimum Gasteiger partial charge on any atom is -0.366 e. The van der Waals surface area contributed by atoms with Crippen LogP contribution in [0.15, 0.2) is 33.2 Å². The maximum atomic E-state index is 11.9. The van der Waals surface area contributed by atoms with Crippen LogP contribution in [0, 0.1) is 0 Å². The number of rotatable bonds is 4. The maximum Gasteiger partial charge on any atom is 0.272 e. The van der Waals surface area contributed by atoms with Crippen molar-refractivity contribution in [2.24, 2.45) is 5.73 Å². The highest BCUT2D eigenvalue weighted by atomic mass is 32.2. The van der Waals surface area contributed by atoms with E-state index in [9.17, 15) is 13.2 Å². The molecule has 0 aliphatic carbocycles. The van der Waals surface area contributed by atoms with Gasteiger partial charge in [-0.3, -0.25) is 9.52 Å². The van der Waals surface area contributed by atoms with Crippen molar-refractivity contribution < 1.29 is 13.2 Å². The lowest BCUT2D eigenvalue weighted by atomic mass is 10.3. The molecule has 2 heterocycles. The predicted octanol–water partition coefficient (Wildman–Crippen LogP) is 1.71. The molecule has 0 unspecified atom stereocenters. The van der Waals surface area contributed by atoms with E-state index in [0.29, 0.717) is 0 Å². The number of hydrogen-bond donors (Lipinski definition) is 2. The Morgan fingerprint density at radius 1 is 1.24 bits per heavy atom. The lowest BCUT2D eigenvalue weighted by Crippen LogP contribution is -2.16. The Morgan fingerprint density at radius 2 is 2.00 bits per heavy atom. The van der Waals surface area contributed by atoms with Gasteiger partial charge in [-0.25, -0.2) is 8.42 Å². The SMILES string of the molecule is NC(=O)c1ccsc1NS(=O)(=O)c1cccs1. The zero-order chi connectivity index (χ0) is 12.5. The summed E-state index contributed by atoms with van der Waals surface area (Å²) in [6, 6.07) is 4.62. The molecule has 17 heavy (non-hydrogen) atoms. The molecule has 8 heteroatoms. The van der Waals surface area contributed by atoms with Crippen LogP contribution >= 0.6 is 22.7 Å². The number of sulfonamides is 1. The molecule has 3 N–H and O–H groups in total. The van der Waals surface area contributed by atoms with E-state index in [1.54, 1.807) is 16.8 Å². The van der Waals surface area contributed by atoms with Crippen LogP contribution in [0.5, 0.6) is 0 Å². The van der Waals surface area contributed by atoms with Crippen molar-refractivity contribution in [3.63, 3.8) is 0 Å². The van der Waals surface area contributed by atoms with E-state index in [-0.39, 0.29) is 14.8 Å². The summed E-state index contributed by atoms with van der Waals surface area (Å²) in [5, 5.41) is 3.51. The van der Waals surface area contributed by atoms with Gasteiger partial charge >= 0.3 is 0 Å². The van der Waals surface area contributed by atoms with Crippen LogP contribution in [-0.2, 0) is 10.0 Å². The van der Waals surface area contributed by atoms with E-state index in [4.69, 9.17) is 5.73 Å². The molecule has 5 nitrogen and oxygen atoms in total. The third-order valence-electron chi connectivity index (χ3n) is 1.92.